The summed E-state index contributed by atoms with van der Waals surface area (Å²) in [5, 5.41) is 1.41. The van der Waals surface area contributed by atoms with Gasteiger partial charge in [-0.2, -0.15) is 0 Å². The van der Waals surface area contributed by atoms with Crippen LogP contribution in [0, 0.1) is 13.8 Å². The summed E-state index contributed by atoms with van der Waals surface area (Å²) in [5.74, 6) is 0.338. The van der Waals surface area contributed by atoms with Crippen molar-refractivity contribution in [3.05, 3.63) is 56.2 Å². The molecule has 0 fully saturated rings. The Morgan fingerprint density at radius 3 is 2.34 bits per heavy atom. The number of amides is 2. The van der Waals surface area contributed by atoms with Gasteiger partial charge in [0.25, 0.3) is 17.4 Å². The highest BCUT2D eigenvalue weighted by molar-refractivity contribution is 7.99. The summed E-state index contributed by atoms with van der Waals surface area (Å²) < 4.78 is 1.61. The number of aryl methyl sites for hydroxylation is 2. The SMILES string of the molecule is Cc1sc2nc(SCCCCN3C(=O)c4ccccc4C3=O)n(C)c(=O)c2c1C. The number of carbonyl (C=O) groups is 2. The largest absolute Gasteiger partial charge is 0.290 e. The lowest BCUT2D eigenvalue weighted by molar-refractivity contribution is 0.0652. The van der Waals surface area contributed by atoms with E-state index in [0.717, 1.165) is 27.4 Å². The standard InChI is InChI=1S/C21H21N3O3S2/c1-12-13(2)29-17-16(12)20(27)23(3)21(22-17)28-11-7-6-10-24-18(25)14-8-4-5-9-15(14)19(24)26/h4-5,8-9H,6-7,10-11H2,1-3H3. The van der Waals surface area contributed by atoms with Crippen molar-refractivity contribution in [1.29, 1.82) is 0 Å². The molecule has 29 heavy (non-hydrogen) atoms. The van der Waals surface area contributed by atoms with Crippen LogP contribution in [0.15, 0.2) is 34.2 Å². The van der Waals surface area contributed by atoms with Gasteiger partial charge in [-0.25, -0.2) is 4.98 Å². The Bertz CT molecular complexity index is 1160. The maximum Gasteiger partial charge on any atom is 0.262 e. The van der Waals surface area contributed by atoms with Gasteiger partial charge in [-0.3, -0.25) is 23.9 Å². The maximum atomic E-state index is 12.7. The van der Waals surface area contributed by atoms with Gasteiger partial charge < -0.3 is 0 Å². The number of hydrogen-bond donors (Lipinski definition) is 0. The van der Waals surface area contributed by atoms with E-state index in [2.05, 4.69) is 4.98 Å². The predicted octanol–water partition coefficient (Wildman–Crippen LogP) is 3.78. The zero-order chi connectivity index (χ0) is 20.7. The number of aromatic nitrogens is 2. The summed E-state index contributed by atoms with van der Waals surface area (Å²) in [5.41, 5.74) is 1.97. The van der Waals surface area contributed by atoms with Crippen LogP contribution in [-0.2, 0) is 7.05 Å². The Labute approximate surface area is 176 Å². The molecule has 0 spiro atoms. The van der Waals surface area contributed by atoms with Crippen LogP contribution < -0.4 is 5.56 Å². The van der Waals surface area contributed by atoms with E-state index in [9.17, 15) is 14.4 Å². The second kappa shape index (κ2) is 7.76. The second-order valence-electron chi connectivity index (χ2n) is 7.09. The fourth-order valence-electron chi connectivity index (χ4n) is 3.46. The molecule has 1 aliphatic heterocycles. The van der Waals surface area contributed by atoms with Crippen LogP contribution in [0.1, 0.15) is 44.0 Å². The van der Waals surface area contributed by atoms with E-state index in [1.807, 2.05) is 13.8 Å². The van der Waals surface area contributed by atoms with Gasteiger partial charge in [0.05, 0.1) is 16.5 Å². The number of thiophene rings is 1. The Morgan fingerprint density at radius 2 is 1.69 bits per heavy atom. The number of unbranched alkanes of at least 4 members (excludes halogenated alkanes) is 1. The van der Waals surface area contributed by atoms with E-state index >= 15 is 0 Å². The number of nitrogens with zero attached hydrogens (tertiary/aromatic N) is 3. The third kappa shape index (κ3) is 3.40. The van der Waals surface area contributed by atoms with Crippen molar-refractivity contribution in [3.63, 3.8) is 0 Å². The maximum absolute atomic E-state index is 12.7. The molecule has 0 bridgehead atoms. The molecule has 0 aliphatic carbocycles. The van der Waals surface area contributed by atoms with Gasteiger partial charge in [0.2, 0.25) is 0 Å². The van der Waals surface area contributed by atoms with Crippen molar-refractivity contribution in [2.45, 2.75) is 31.8 Å². The number of benzene rings is 1. The van der Waals surface area contributed by atoms with Gasteiger partial charge >= 0.3 is 0 Å². The molecule has 0 N–H and O–H groups in total. The molecule has 2 aromatic heterocycles. The monoisotopic (exact) mass is 427 g/mol. The molecule has 1 aromatic carbocycles. The zero-order valence-corrected chi connectivity index (χ0v) is 18.2. The first-order valence-corrected chi connectivity index (χ1v) is 11.2. The highest BCUT2D eigenvalue weighted by atomic mass is 32.2. The average Bonchev–Trinajstić information content (AvgIpc) is 3.13. The molecule has 0 unspecified atom stereocenters. The fraction of sp³-hybridized carbons (Fsp3) is 0.333. The smallest absolute Gasteiger partial charge is 0.262 e. The number of hydrogen-bond acceptors (Lipinski definition) is 6. The first-order valence-electron chi connectivity index (χ1n) is 9.45. The number of rotatable bonds is 6. The molecule has 4 rings (SSSR count). The molecule has 0 saturated heterocycles. The topological polar surface area (TPSA) is 72.3 Å². The Balaban J connectivity index is 1.36. The summed E-state index contributed by atoms with van der Waals surface area (Å²) in [6.45, 7) is 4.37. The molecular weight excluding hydrogens is 406 g/mol. The molecule has 2 amide bonds. The number of carbonyl (C=O) groups excluding carboxylic acids is 2. The molecule has 150 valence electrons. The van der Waals surface area contributed by atoms with Crippen molar-refractivity contribution in [2.24, 2.45) is 7.05 Å². The van der Waals surface area contributed by atoms with Crippen LogP contribution in [0.5, 0.6) is 0 Å². The van der Waals surface area contributed by atoms with Crippen LogP contribution in [0.2, 0.25) is 0 Å². The van der Waals surface area contributed by atoms with Crippen molar-refractivity contribution in [3.8, 4) is 0 Å². The molecule has 0 atom stereocenters. The van der Waals surface area contributed by atoms with Gasteiger partial charge in [0.1, 0.15) is 4.83 Å². The minimum Gasteiger partial charge on any atom is -0.290 e. The van der Waals surface area contributed by atoms with Gasteiger partial charge in [-0.1, -0.05) is 23.9 Å². The molecule has 1 aliphatic rings. The predicted molar refractivity (Wildman–Crippen MR) is 116 cm³/mol. The molecule has 0 radical (unpaired) electrons. The van der Waals surface area contributed by atoms with Crippen LogP contribution in [0.4, 0.5) is 0 Å². The molecule has 3 heterocycles. The van der Waals surface area contributed by atoms with E-state index in [1.54, 1.807) is 47.2 Å². The number of fused-ring (bicyclic) bond motifs is 2. The number of imide groups is 1. The number of thioether (sulfide) groups is 1. The summed E-state index contributed by atoms with van der Waals surface area (Å²) in [4.78, 5) is 45.3. The second-order valence-corrected chi connectivity index (χ2v) is 9.35. The van der Waals surface area contributed by atoms with Crippen molar-refractivity contribution in [2.75, 3.05) is 12.3 Å². The lowest BCUT2D eigenvalue weighted by atomic mass is 10.1. The molecule has 3 aromatic rings. The Kier molecular flexibility index (Phi) is 5.31. The van der Waals surface area contributed by atoms with Gasteiger partial charge in [-0.05, 0) is 44.4 Å². The van der Waals surface area contributed by atoms with Crippen molar-refractivity contribution >= 4 is 45.1 Å². The van der Waals surface area contributed by atoms with E-state index < -0.39 is 0 Å². The lowest BCUT2D eigenvalue weighted by Crippen LogP contribution is -2.30. The van der Waals surface area contributed by atoms with E-state index in [-0.39, 0.29) is 17.4 Å². The van der Waals surface area contributed by atoms with E-state index in [0.29, 0.717) is 34.6 Å². The van der Waals surface area contributed by atoms with Crippen LogP contribution in [-0.4, -0.2) is 38.6 Å². The Morgan fingerprint density at radius 1 is 1.03 bits per heavy atom. The molecule has 0 saturated carbocycles. The minimum atomic E-state index is -0.212. The summed E-state index contributed by atoms with van der Waals surface area (Å²) in [6, 6.07) is 6.94. The van der Waals surface area contributed by atoms with Gasteiger partial charge in [0.15, 0.2) is 5.16 Å². The normalized spacial score (nSPS) is 13.6. The highest BCUT2D eigenvalue weighted by Crippen LogP contribution is 2.28. The van der Waals surface area contributed by atoms with Gasteiger partial charge in [-0.15, -0.1) is 11.3 Å². The summed E-state index contributed by atoms with van der Waals surface area (Å²) >= 11 is 3.08. The Hall–Kier alpha value is -2.45. The molecule has 6 nitrogen and oxygen atoms in total. The third-order valence-corrected chi connectivity index (χ3v) is 7.47. The lowest BCUT2D eigenvalue weighted by Gasteiger charge is -2.13. The summed E-state index contributed by atoms with van der Waals surface area (Å²) in [6.07, 6.45) is 1.53. The highest BCUT2D eigenvalue weighted by Gasteiger charge is 2.34. The minimum absolute atomic E-state index is 0.00891. The zero-order valence-electron chi connectivity index (χ0n) is 16.5. The quantitative estimate of drug-likeness (QED) is 0.259. The van der Waals surface area contributed by atoms with Crippen molar-refractivity contribution < 1.29 is 9.59 Å². The van der Waals surface area contributed by atoms with Crippen molar-refractivity contribution in [1.82, 2.24) is 14.5 Å². The van der Waals surface area contributed by atoms with Gasteiger partial charge in [0, 0.05) is 24.2 Å². The van der Waals surface area contributed by atoms with Crippen LogP contribution in [0.25, 0.3) is 10.2 Å². The first-order chi connectivity index (χ1) is 13.9. The average molecular weight is 428 g/mol. The summed E-state index contributed by atoms with van der Waals surface area (Å²) in [7, 11) is 1.75. The molecular formula is C21H21N3O3S2. The fourth-order valence-corrected chi connectivity index (χ4v) is 5.50. The third-order valence-electron chi connectivity index (χ3n) is 5.25. The molecule has 8 heteroatoms. The van der Waals surface area contributed by atoms with E-state index in [1.165, 1.54) is 16.7 Å². The van der Waals surface area contributed by atoms with Crippen LogP contribution >= 0.6 is 23.1 Å². The first kappa shape index (κ1) is 19.8. The van der Waals surface area contributed by atoms with Crippen LogP contribution in [0.3, 0.4) is 0 Å². The van der Waals surface area contributed by atoms with E-state index in [4.69, 9.17) is 0 Å².